The van der Waals surface area contributed by atoms with E-state index in [4.69, 9.17) is 19.0 Å². The molecule has 0 aliphatic carbocycles. The molecule has 0 spiro atoms. The maximum atomic E-state index is 13.3. The highest BCUT2D eigenvalue weighted by atomic mass is 19.3. The Morgan fingerprint density at radius 1 is 1.11 bits per heavy atom. The zero-order valence-electron chi connectivity index (χ0n) is 20.2. The second kappa shape index (κ2) is 7.27. The first kappa shape index (κ1) is 22.5. The molecule has 2 bridgehead atoms. The number of amides is 1. The highest BCUT2D eigenvalue weighted by Crippen LogP contribution is 2.50. The zero-order valence-corrected chi connectivity index (χ0v) is 20.2. The molecule has 7 nitrogen and oxygen atoms in total. The Bertz CT molecular complexity index is 1360. The first-order valence-corrected chi connectivity index (χ1v) is 11.7. The van der Waals surface area contributed by atoms with Crippen molar-refractivity contribution in [3.8, 4) is 5.75 Å². The highest BCUT2D eigenvalue weighted by molar-refractivity contribution is 6.62. The summed E-state index contributed by atoms with van der Waals surface area (Å²) >= 11 is 0. The van der Waals surface area contributed by atoms with Gasteiger partial charge in [-0.1, -0.05) is 12.1 Å². The van der Waals surface area contributed by atoms with Gasteiger partial charge in [-0.05, 0) is 57.4 Å². The van der Waals surface area contributed by atoms with Crippen LogP contribution in [-0.2, 0) is 9.31 Å². The smallest absolute Gasteiger partial charge is 0.434 e. The Labute approximate surface area is 202 Å². The van der Waals surface area contributed by atoms with E-state index in [2.05, 4.69) is 4.57 Å². The number of hydrogen-bond acceptors (Lipinski definition) is 5. The van der Waals surface area contributed by atoms with Crippen molar-refractivity contribution in [2.24, 2.45) is 0 Å². The van der Waals surface area contributed by atoms with Crippen LogP contribution >= 0.6 is 0 Å². The molecular formula is C25H26BF2N3O4. The number of carbonyl (C=O) groups excluding carboxylic acids is 1. The number of benzene rings is 2. The van der Waals surface area contributed by atoms with Gasteiger partial charge in [-0.2, -0.15) is 8.78 Å². The lowest BCUT2D eigenvalue weighted by molar-refractivity contribution is -0.0507. The Balaban J connectivity index is 1.52. The molecule has 4 heterocycles. The highest BCUT2D eigenvalue weighted by Gasteiger charge is 2.52. The summed E-state index contributed by atoms with van der Waals surface area (Å²) in [6, 6.07) is 9.91. The molecule has 1 aromatic heterocycles. The van der Waals surface area contributed by atoms with Gasteiger partial charge in [0.25, 0.3) is 5.91 Å². The quantitative estimate of drug-likeness (QED) is 0.529. The van der Waals surface area contributed by atoms with Gasteiger partial charge in [0.2, 0.25) is 0 Å². The summed E-state index contributed by atoms with van der Waals surface area (Å²) in [5.41, 5.74) is 2.30. The molecule has 1 unspecified atom stereocenters. The van der Waals surface area contributed by atoms with Crippen molar-refractivity contribution < 1.29 is 27.6 Å². The van der Waals surface area contributed by atoms with Crippen LogP contribution in [-0.4, -0.2) is 52.3 Å². The average Bonchev–Trinajstić information content (AvgIpc) is 3.37. The van der Waals surface area contributed by atoms with Gasteiger partial charge in [-0.25, -0.2) is 4.98 Å². The van der Waals surface area contributed by atoms with Crippen molar-refractivity contribution in [2.75, 3.05) is 7.05 Å². The number of aromatic nitrogens is 2. The summed E-state index contributed by atoms with van der Waals surface area (Å²) in [7, 11) is 1.18. The van der Waals surface area contributed by atoms with Crippen LogP contribution in [0.5, 0.6) is 5.75 Å². The van der Waals surface area contributed by atoms with Gasteiger partial charge >= 0.3 is 13.7 Å². The van der Waals surface area contributed by atoms with E-state index in [1.54, 1.807) is 24.1 Å². The van der Waals surface area contributed by atoms with E-state index < -0.39 is 24.9 Å². The van der Waals surface area contributed by atoms with Crippen LogP contribution in [0.3, 0.4) is 0 Å². The van der Waals surface area contributed by atoms with Crippen LogP contribution in [0.25, 0.3) is 11.0 Å². The van der Waals surface area contributed by atoms with Gasteiger partial charge in [-0.15, -0.1) is 0 Å². The standard InChI is InChI=1S/C25H26BF2N3O4/c1-24(2)25(3,4)35-26(34-24)13-9-10-15-16(11-13)31-17-12-18(21(31)29-15)30(5)22(32)14-7-6-8-19(20(14)17)33-23(27)28/h6-11,17-18,23H,12H2,1-5H3/t17?,18-/m1/s1. The molecule has 0 N–H and O–H groups in total. The Morgan fingerprint density at radius 3 is 2.51 bits per heavy atom. The van der Waals surface area contributed by atoms with Crippen LogP contribution in [0.15, 0.2) is 36.4 Å². The topological polar surface area (TPSA) is 65.8 Å². The largest absolute Gasteiger partial charge is 0.494 e. The van der Waals surface area contributed by atoms with Crippen molar-refractivity contribution in [2.45, 2.75) is 64.0 Å². The minimum atomic E-state index is -3.00. The summed E-state index contributed by atoms with van der Waals surface area (Å²) in [5, 5.41) is 0. The molecule has 1 fully saturated rings. The number of imidazole rings is 1. The third kappa shape index (κ3) is 3.15. The predicted molar refractivity (Wildman–Crippen MR) is 126 cm³/mol. The van der Waals surface area contributed by atoms with E-state index in [1.165, 1.54) is 6.07 Å². The number of ether oxygens (including phenoxy) is 1. The van der Waals surface area contributed by atoms with E-state index in [9.17, 15) is 13.6 Å². The first-order valence-electron chi connectivity index (χ1n) is 11.7. The summed E-state index contributed by atoms with van der Waals surface area (Å²) in [6.07, 6.45) is 0.526. The van der Waals surface area contributed by atoms with Crippen LogP contribution in [0.4, 0.5) is 8.78 Å². The minimum Gasteiger partial charge on any atom is -0.434 e. The van der Waals surface area contributed by atoms with E-state index in [-0.39, 0.29) is 23.7 Å². The zero-order chi connectivity index (χ0) is 24.9. The van der Waals surface area contributed by atoms with Gasteiger partial charge in [0.1, 0.15) is 11.6 Å². The third-order valence-corrected chi connectivity index (χ3v) is 7.96. The van der Waals surface area contributed by atoms with Crippen LogP contribution < -0.4 is 10.2 Å². The van der Waals surface area contributed by atoms with Crippen molar-refractivity contribution >= 4 is 29.5 Å². The number of hydrogen-bond donors (Lipinski definition) is 0. The number of alkyl halides is 2. The number of nitrogens with zero attached hydrogens (tertiary/aromatic N) is 3. The fourth-order valence-electron chi connectivity index (χ4n) is 5.42. The van der Waals surface area contributed by atoms with Gasteiger partial charge in [0.05, 0.1) is 34.3 Å². The van der Waals surface area contributed by atoms with Gasteiger partial charge < -0.3 is 23.5 Å². The lowest BCUT2D eigenvalue weighted by Crippen LogP contribution is -2.41. The molecule has 182 valence electrons. The lowest BCUT2D eigenvalue weighted by atomic mass is 9.79. The molecule has 3 aliphatic rings. The molecule has 2 aromatic carbocycles. The summed E-state index contributed by atoms with van der Waals surface area (Å²) < 4.78 is 46.0. The molecule has 6 rings (SSSR count). The molecule has 0 saturated carbocycles. The van der Waals surface area contributed by atoms with Crippen LogP contribution in [0, 0.1) is 0 Å². The molecule has 10 heteroatoms. The van der Waals surface area contributed by atoms with E-state index in [0.29, 0.717) is 17.5 Å². The van der Waals surface area contributed by atoms with E-state index in [0.717, 1.165) is 22.3 Å². The van der Waals surface area contributed by atoms with Crippen molar-refractivity contribution in [3.63, 3.8) is 0 Å². The molecule has 35 heavy (non-hydrogen) atoms. The number of fused-ring (bicyclic) bond motifs is 9. The Hall–Kier alpha value is -2.98. The van der Waals surface area contributed by atoms with Gasteiger partial charge in [0, 0.05) is 24.6 Å². The molecular weight excluding hydrogens is 455 g/mol. The normalized spacial score (nSPS) is 24.2. The summed E-state index contributed by atoms with van der Waals surface area (Å²) in [4.78, 5) is 19.7. The Morgan fingerprint density at radius 2 is 1.83 bits per heavy atom. The van der Waals surface area contributed by atoms with Gasteiger partial charge in [-0.3, -0.25) is 4.79 Å². The van der Waals surface area contributed by atoms with Crippen molar-refractivity contribution in [1.82, 2.24) is 14.5 Å². The van der Waals surface area contributed by atoms with E-state index in [1.807, 2.05) is 45.9 Å². The summed E-state index contributed by atoms with van der Waals surface area (Å²) in [5.74, 6) is 0.509. The maximum Gasteiger partial charge on any atom is 0.494 e. The Kier molecular flexibility index (Phi) is 4.67. The maximum absolute atomic E-state index is 13.3. The van der Waals surface area contributed by atoms with Crippen LogP contribution in [0.1, 0.15) is 67.9 Å². The average molecular weight is 481 g/mol. The molecule has 1 amide bonds. The molecule has 3 aliphatic heterocycles. The third-order valence-electron chi connectivity index (χ3n) is 7.96. The second-order valence-electron chi connectivity index (χ2n) is 10.5. The monoisotopic (exact) mass is 481 g/mol. The molecule has 2 atom stereocenters. The summed E-state index contributed by atoms with van der Waals surface area (Å²) in [6.45, 7) is 5.02. The van der Waals surface area contributed by atoms with Crippen molar-refractivity contribution in [3.05, 3.63) is 53.3 Å². The molecule has 0 radical (unpaired) electrons. The predicted octanol–water partition coefficient (Wildman–Crippen LogP) is 4.06. The fourth-order valence-corrected chi connectivity index (χ4v) is 5.42. The SMILES string of the molecule is CN1C(=O)c2cccc(OC(F)F)c2C2C[C@@H]1c1nc3ccc(B4OC(C)(C)C(C)(C)O4)cc3n12. The fraction of sp³-hybridized carbons (Fsp3) is 0.440. The van der Waals surface area contributed by atoms with E-state index >= 15 is 0 Å². The van der Waals surface area contributed by atoms with Crippen LogP contribution in [0.2, 0.25) is 0 Å². The minimum absolute atomic E-state index is 0.0155. The van der Waals surface area contributed by atoms with Gasteiger partial charge in [0.15, 0.2) is 0 Å². The second-order valence-corrected chi connectivity index (χ2v) is 10.5. The molecule has 1 saturated heterocycles. The molecule has 3 aromatic rings. The number of halogens is 2. The lowest BCUT2D eigenvalue weighted by Gasteiger charge is -2.32. The first-order chi connectivity index (χ1) is 16.5. The number of carbonyl (C=O) groups is 1. The van der Waals surface area contributed by atoms with Crippen molar-refractivity contribution in [1.29, 1.82) is 0 Å². The number of rotatable bonds is 3.